The van der Waals surface area contributed by atoms with Crippen molar-refractivity contribution in [3.05, 3.63) is 34.5 Å². The van der Waals surface area contributed by atoms with Crippen LogP contribution < -0.4 is 5.32 Å². The molecule has 1 N–H and O–H groups in total. The van der Waals surface area contributed by atoms with Gasteiger partial charge in [0.25, 0.3) is 0 Å². The quantitative estimate of drug-likeness (QED) is 0.871. The molecular weight excluding hydrogens is 222 g/mol. The van der Waals surface area contributed by atoms with E-state index < -0.39 is 0 Å². The van der Waals surface area contributed by atoms with E-state index in [4.69, 9.17) is 16.0 Å². The zero-order chi connectivity index (χ0) is 11.7. The summed E-state index contributed by atoms with van der Waals surface area (Å²) in [6.07, 6.45) is 0. The van der Waals surface area contributed by atoms with Gasteiger partial charge in [-0.15, -0.1) is 0 Å². The topological polar surface area (TPSA) is 25.2 Å². The van der Waals surface area contributed by atoms with Gasteiger partial charge < -0.3 is 9.73 Å². The highest BCUT2D eigenvalue weighted by molar-refractivity contribution is 6.34. The van der Waals surface area contributed by atoms with E-state index in [1.54, 1.807) is 0 Å². The van der Waals surface area contributed by atoms with E-state index in [0.717, 1.165) is 23.3 Å². The van der Waals surface area contributed by atoms with Gasteiger partial charge in [0.1, 0.15) is 5.76 Å². The fraction of sp³-hybridized carbons (Fsp3) is 0.385. The Kier molecular flexibility index (Phi) is 3.22. The summed E-state index contributed by atoms with van der Waals surface area (Å²) in [7, 11) is 0. The summed E-state index contributed by atoms with van der Waals surface area (Å²) < 4.78 is 5.80. The first-order chi connectivity index (χ1) is 7.63. The normalized spacial score (nSPS) is 13.2. The van der Waals surface area contributed by atoms with Crippen LogP contribution in [0.2, 0.25) is 5.02 Å². The molecule has 3 heteroatoms. The summed E-state index contributed by atoms with van der Waals surface area (Å²) in [6.45, 7) is 7.16. The zero-order valence-corrected chi connectivity index (χ0v) is 10.6. The molecule has 0 radical (unpaired) electrons. The van der Waals surface area contributed by atoms with Crippen LogP contribution in [0.4, 0.5) is 0 Å². The Morgan fingerprint density at radius 2 is 2.19 bits per heavy atom. The Morgan fingerprint density at radius 3 is 2.81 bits per heavy atom. The fourth-order valence-electron chi connectivity index (χ4n) is 1.86. The lowest BCUT2D eigenvalue weighted by atomic mass is 10.1. The van der Waals surface area contributed by atoms with E-state index in [9.17, 15) is 0 Å². The first-order valence-electron chi connectivity index (χ1n) is 5.55. The molecule has 1 atom stereocenters. The van der Waals surface area contributed by atoms with E-state index in [2.05, 4.69) is 32.2 Å². The molecule has 0 saturated carbocycles. The van der Waals surface area contributed by atoms with Gasteiger partial charge in [-0.3, -0.25) is 0 Å². The molecule has 0 amide bonds. The van der Waals surface area contributed by atoms with Crippen LogP contribution in [0, 0.1) is 6.92 Å². The van der Waals surface area contributed by atoms with Gasteiger partial charge in [0, 0.05) is 5.39 Å². The van der Waals surface area contributed by atoms with Crippen LogP contribution in [0.15, 0.2) is 22.6 Å². The van der Waals surface area contributed by atoms with Gasteiger partial charge in [-0.1, -0.05) is 24.6 Å². The van der Waals surface area contributed by atoms with Gasteiger partial charge in [0.15, 0.2) is 5.58 Å². The minimum absolute atomic E-state index is 0.216. The van der Waals surface area contributed by atoms with Crippen molar-refractivity contribution < 1.29 is 4.42 Å². The van der Waals surface area contributed by atoms with Crippen molar-refractivity contribution >= 4 is 22.6 Å². The van der Waals surface area contributed by atoms with Gasteiger partial charge in [0.2, 0.25) is 0 Å². The third-order valence-corrected chi connectivity index (χ3v) is 3.11. The van der Waals surface area contributed by atoms with Crippen molar-refractivity contribution in [2.75, 3.05) is 6.54 Å². The number of aryl methyl sites for hydroxylation is 1. The smallest absolute Gasteiger partial charge is 0.153 e. The minimum Gasteiger partial charge on any atom is -0.458 e. The summed E-state index contributed by atoms with van der Waals surface area (Å²) in [4.78, 5) is 0. The number of fused-ring (bicyclic) bond motifs is 1. The van der Waals surface area contributed by atoms with Gasteiger partial charge in [-0.25, -0.2) is 0 Å². The third kappa shape index (κ3) is 1.95. The lowest BCUT2D eigenvalue weighted by Crippen LogP contribution is -2.16. The number of benzene rings is 1. The SMILES string of the molecule is CCNC(C)c1cc2c(C)ccc(Cl)c2o1. The number of rotatable bonds is 3. The van der Waals surface area contributed by atoms with Crippen molar-refractivity contribution in [3.63, 3.8) is 0 Å². The number of hydrogen-bond acceptors (Lipinski definition) is 2. The largest absolute Gasteiger partial charge is 0.458 e. The van der Waals surface area contributed by atoms with Crippen molar-refractivity contribution in [1.29, 1.82) is 0 Å². The first kappa shape index (κ1) is 11.5. The molecule has 2 aromatic rings. The summed E-state index contributed by atoms with van der Waals surface area (Å²) in [6, 6.07) is 6.18. The Hall–Kier alpha value is -0.990. The van der Waals surface area contributed by atoms with Crippen LogP contribution in [0.1, 0.15) is 31.2 Å². The summed E-state index contributed by atoms with van der Waals surface area (Å²) >= 11 is 6.11. The monoisotopic (exact) mass is 237 g/mol. The minimum atomic E-state index is 0.216. The second-order valence-corrected chi connectivity index (χ2v) is 4.44. The predicted octanol–water partition coefficient (Wildman–Crippen LogP) is 4.07. The Bertz CT molecular complexity index is 465. The van der Waals surface area contributed by atoms with E-state index >= 15 is 0 Å². The van der Waals surface area contributed by atoms with Crippen molar-refractivity contribution in [2.24, 2.45) is 0 Å². The van der Waals surface area contributed by atoms with Crippen LogP contribution in [0.5, 0.6) is 0 Å². The average Bonchev–Trinajstić information content (AvgIpc) is 2.70. The van der Waals surface area contributed by atoms with Crippen LogP contribution in [0.3, 0.4) is 0 Å². The molecule has 0 spiro atoms. The van der Waals surface area contributed by atoms with E-state index in [1.165, 1.54) is 5.56 Å². The second kappa shape index (κ2) is 4.48. The molecule has 1 heterocycles. The second-order valence-electron chi connectivity index (χ2n) is 4.04. The molecule has 0 fully saturated rings. The summed E-state index contributed by atoms with van der Waals surface area (Å²) in [5, 5.41) is 5.11. The van der Waals surface area contributed by atoms with Crippen LogP contribution in [-0.2, 0) is 0 Å². The molecule has 0 saturated heterocycles. The highest BCUT2D eigenvalue weighted by atomic mass is 35.5. The number of nitrogens with one attached hydrogen (secondary N) is 1. The molecule has 2 nitrogen and oxygen atoms in total. The van der Waals surface area contributed by atoms with Crippen molar-refractivity contribution in [3.8, 4) is 0 Å². The molecule has 16 heavy (non-hydrogen) atoms. The molecule has 2 rings (SSSR count). The average molecular weight is 238 g/mol. The molecule has 86 valence electrons. The van der Waals surface area contributed by atoms with Gasteiger partial charge in [-0.05, 0) is 38.1 Å². The number of halogens is 1. The Labute approximate surface area is 101 Å². The lowest BCUT2D eigenvalue weighted by Gasteiger charge is -2.07. The molecular formula is C13H16ClNO. The first-order valence-corrected chi connectivity index (χ1v) is 5.93. The van der Waals surface area contributed by atoms with Crippen LogP contribution in [0.25, 0.3) is 11.0 Å². The molecule has 1 aromatic heterocycles. The van der Waals surface area contributed by atoms with E-state index in [1.807, 2.05) is 12.1 Å². The molecule has 0 bridgehead atoms. The molecule has 1 unspecified atom stereocenters. The van der Waals surface area contributed by atoms with Crippen LogP contribution >= 0.6 is 11.6 Å². The Morgan fingerprint density at radius 1 is 1.44 bits per heavy atom. The highest BCUT2D eigenvalue weighted by Crippen LogP contribution is 2.31. The zero-order valence-electron chi connectivity index (χ0n) is 9.80. The number of hydrogen-bond donors (Lipinski definition) is 1. The lowest BCUT2D eigenvalue weighted by molar-refractivity contribution is 0.459. The van der Waals surface area contributed by atoms with Crippen molar-refractivity contribution in [2.45, 2.75) is 26.8 Å². The van der Waals surface area contributed by atoms with Gasteiger partial charge in [-0.2, -0.15) is 0 Å². The van der Waals surface area contributed by atoms with Gasteiger partial charge >= 0.3 is 0 Å². The molecule has 0 aliphatic rings. The maximum absolute atomic E-state index is 6.11. The molecule has 1 aromatic carbocycles. The molecule has 0 aliphatic carbocycles. The molecule has 0 aliphatic heterocycles. The maximum Gasteiger partial charge on any atom is 0.153 e. The Balaban J connectivity index is 2.51. The van der Waals surface area contributed by atoms with Gasteiger partial charge in [0.05, 0.1) is 11.1 Å². The summed E-state index contributed by atoms with van der Waals surface area (Å²) in [5.74, 6) is 0.938. The number of furan rings is 1. The van der Waals surface area contributed by atoms with E-state index in [0.29, 0.717) is 5.02 Å². The van der Waals surface area contributed by atoms with Crippen molar-refractivity contribution in [1.82, 2.24) is 5.32 Å². The van der Waals surface area contributed by atoms with E-state index in [-0.39, 0.29) is 6.04 Å². The van der Waals surface area contributed by atoms with Crippen LogP contribution in [-0.4, -0.2) is 6.54 Å². The predicted molar refractivity (Wildman–Crippen MR) is 68.1 cm³/mol. The highest BCUT2D eigenvalue weighted by Gasteiger charge is 2.13. The third-order valence-electron chi connectivity index (χ3n) is 2.81. The maximum atomic E-state index is 6.11. The standard InChI is InChI=1S/C13H16ClNO/c1-4-15-9(3)12-7-10-8(2)5-6-11(14)13(10)16-12/h5-7,9,15H,4H2,1-3H3. The fourth-order valence-corrected chi connectivity index (χ4v) is 2.07. The summed E-state index contributed by atoms with van der Waals surface area (Å²) in [5.41, 5.74) is 1.99.